The highest BCUT2D eigenvalue weighted by atomic mass is 32.2. The van der Waals surface area contributed by atoms with Crippen LogP contribution in [0.15, 0.2) is 23.1 Å². The maximum absolute atomic E-state index is 13.7. The van der Waals surface area contributed by atoms with Gasteiger partial charge in [0.25, 0.3) is 0 Å². The molecule has 0 spiro atoms. The van der Waals surface area contributed by atoms with Crippen LogP contribution >= 0.6 is 0 Å². The molecule has 1 saturated heterocycles. The molecule has 1 aliphatic rings. The van der Waals surface area contributed by atoms with E-state index in [2.05, 4.69) is 0 Å². The van der Waals surface area contributed by atoms with Gasteiger partial charge in [-0.3, -0.25) is 0 Å². The minimum absolute atomic E-state index is 0.281. The fourth-order valence-electron chi connectivity index (χ4n) is 2.08. The molecule has 1 aromatic carbocycles. The zero-order chi connectivity index (χ0) is 14.9. The number of carboxylic acids is 1. The van der Waals surface area contributed by atoms with Crippen LogP contribution in [-0.2, 0) is 10.0 Å². The summed E-state index contributed by atoms with van der Waals surface area (Å²) in [5.74, 6) is -2.49. The van der Waals surface area contributed by atoms with Gasteiger partial charge in [0, 0.05) is 0 Å². The third-order valence-corrected chi connectivity index (χ3v) is 5.27. The highest BCUT2D eigenvalue weighted by molar-refractivity contribution is 7.89. The van der Waals surface area contributed by atoms with E-state index in [1.54, 1.807) is 0 Å². The number of quaternary nitrogens is 1. The molecule has 1 aromatic rings. The van der Waals surface area contributed by atoms with Gasteiger partial charge in [0.15, 0.2) is 0 Å². The molecular weight excluding hydrogens is 287 g/mol. The summed E-state index contributed by atoms with van der Waals surface area (Å²) in [6.45, 7) is 1.81. The molecule has 1 N–H and O–H groups in total. The van der Waals surface area contributed by atoms with E-state index in [0.29, 0.717) is 13.1 Å². The molecule has 0 aliphatic carbocycles. The van der Waals surface area contributed by atoms with Gasteiger partial charge in [0.2, 0.25) is 10.0 Å². The van der Waals surface area contributed by atoms with E-state index in [0.717, 1.165) is 18.2 Å². The van der Waals surface area contributed by atoms with Gasteiger partial charge in [0.1, 0.15) is 10.7 Å². The Bertz CT molecular complexity index is 624. The molecule has 2 rings (SSSR count). The highest BCUT2D eigenvalue weighted by Crippen LogP contribution is 2.20. The summed E-state index contributed by atoms with van der Waals surface area (Å²) in [4.78, 5) is 11.3. The number of nitrogens with zero attached hydrogens (tertiary/aromatic N) is 1. The Hall–Kier alpha value is -1.51. The Morgan fingerprint density at radius 2 is 1.95 bits per heavy atom. The number of sulfonamides is 1. The third-order valence-electron chi connectivity index (χ3n) is 3.36. The lowest BCUT2D eigenvalue weighted by Crippen LogP contribution is -3.12. The van der Waals surface area contributed by atoms with Crippen LogP contribution in [0.3, 0.4) is 0 Å². The van der Waals surface area contributed by atoms with E-state index in [-0.39, 0.29) is 18.7 Å². The van der Waals surface area contributed by atoms with E-state index in [1.807, 2.05) is 7.05 Å². The predicted octanol–water partition coefficient (Wildman–Crippen LogP) is -2.29. The number of rotatable bonds is 3. The maximum Gasteiger partial charge on any atom is 0.246 e. The summed E-state index contributed by atoms with van der Waals surface area (Å²) in [6.07, 6.45) is 0. The van der Waals surface area contributed by atoms with Crippen molar-refractivity contribution < 1.29 is 27.6 Å². The summed E-state index contributed by atoms with van der Waals surface area (Å²) in [5.41, 5.74) is -0.357. The molecule has 1 aliphatic heterocycles. The molecule has 8 heteroatoms. The Labute approximate surface area is 116 Å². The minimum Gasteiger partial charge on any atom is -0.545 e. The van der Waals surface area contributed by atoms with E-state index >= 15 is 0 Å². The summed E-state index contributed by atoms with van der Waals surface area (Å²) in [7, 11) is -2.07. The van der Waals surface area contributed by atoms with E-state index < -0.39 is 26.7 Å². The summed E-state index contributed by atoms with van der Waals surface area (Å²) >= 11 is 0. The van der Waals surface area contributed by atoms with E-state index in [4.69, 9.17) is 0 Å². The number of nitrogens with one attached hydrogen (secondary N) is 1. The Morgan fingerprint density at radius 3 is 2.50 bits per heavy atom. The lowest BCUT2D eigenvalue weighted by atomic mass is 10.2. The number of benzene rings is 1. The molecule has 0 amide bonds. The zero-order valence-electron chi connectivity index (χ0n) is 10.9. The lowest BCUT2D eigenvalue weighted by molar-refractivity contribution is -0.883. The van der Waals surface area contributed by atoms with Crippen molar-refractivity contribution in [3.63, 3.8) is 0 Å². The fourth-order valence-corrected chi connectivity index (χ4v) is 3.61. The van der Waals surface area contributed by atoms with Crippen molar-refractivity contribution in [2.45, 2.75) is 4.90 Å². The van der Waals surface area contributed by atoms with Crippen LogP contribution in [-0.4, -0.2) is 51.9 Å². The van der Waals surface area contributed by atoms with Crippen LogP contribution in [0.4, 0.5) is 4.39 Å². The van der Waals surface area contributed by atoms with Crippen molar-refractivity contribution in [2.75, 3.05) is 33.2 Å². The van der Waals surface area contributed by atoms with E-state index in [1.165, 1.54) is 9.21 Å². The van der Waals surface area contributed by atoms with Crippen LogP contribution in [0.2, 0.25) is 0 Å². The quantitative estimate of drug-likeness (QED) is 0.681. The van der Waals surface area contributed by atoms with Crippen molar-refractivity contribution in [3.05, 3.63) is 29.6 Å². The number of carbonyl (C=O) groups excluding carboxylic acids is 1. The second-order valence-corrected chi connectivity index (χ2v) is 6.70. The first-order valence-corrected chi connectivity index (χ1v) is 7.58. The standard InChI is InChI=1S/C12H15FN2O4S/c1-14-4-6-15(7-5-14)20(18,19)11-8-9(12(16)17)2-3-10(11)13/h2-3,8H,4-7H2,1H3,(H,16,17). The normalized spacial score (nSPS) is 18.1. The first-order chi connectivity index (χ1) is 9.32. The second kappa shape index (κ2) is 5.47. The molecule has 1 fully saturated rings. The zero-order valence-corrected chi connectivity index (χ0v) is 11.7. The summed E-state index contributed by atoms with van der Waals surface area (Å²) < 4.78 is 39.6. The first-order valence-electron chi connectivity index (χ1n) is 6.14. The van der Waals surface area contributed by atoms with Crippen LogP contribution in [0.1, 0.15) is 10.4 Å². The summed E-state index contributed by atoms with van der Waals surface area (Å²) in [6, 6.07) is 2.63. The minimum atomic E-state index is -4.02. The lowest BCUT2D eigenvalue weighted by Gasteiger charge is -2.29. The van der Waals surface area contributed by atoms with Gasteiger partial charge in [0.05, 0.1) is 39.2 Å². The average Bonchev–Trinajstić information content (AvgIpc) is 2.39. The van der Waals surface area contributed by atoms with Gasteiger partial charge in [-0.25, -0.2) is 12.8 Å². The number of carboxylic acid groups (broad SMARTS) is 1. The largest absolute Gasteiger partial charge is 0.545 e. The second-order valence-electron chi connectivity index (χ2n) is 4.79. The van der Waals surface area contributed by atoms with Gasteiger partial charge in [-0.1, -0.05) is 6.07 Å². The number of piperazine rings is 1. The molecule has 0 saturated carbocycles. The summed E-state index contributed by atoms with van der Waals surface area (Å²) in [5, 5.41) is 10.8. The van der Waals surface area contributed by atoms with Gasteiger partial charge in [-0.15, -0.1) is 0 Å². The van der Waals surface area contributed by atoms with Crippen LogP contribution in [0.25, 0.3) is 0 Å². The van der Waals surface area contributed by atoms with Crippen LogP contribution in [0.5, 0.6) is 0 Å². The number of aromatic carboxylic acids is 1. The molecule has 6 nitrogen and oxygen atoms in total. The van der Waals surface area contributed by atoms with Crippen molar-refractivity contribution in [3.8, 4) is 0 Å². The number of hydrogen-bond donors (Lipinski definition) is 1. The molecule has 0 bridgehead atoms. The molecule has 0 radical (unpaired) electrons. The number of halogens is 1. The van der Waals surface area contributed by atoms with Crippen LogP contribution in [0, 0.1) is 5.82 Å². The van der Waals surface area contributed by atoms with Crippen molar-refractivity contribution in [2.24, 2.45) is 0 Å². The molecular formula is C12H15FN2O4S. The van der Waals surface area contributed by atoms with Gasteiger partial charge >= 0.3 is 0 Å². The molecule has 0 unspecified atom stereocenters. The highest BCUT2D eigenvalue weighted by Gasteiger charge is 2.31. The van der Waals surface area contributed by atoms with E-state index in [9.17, 15) is 22.7 Å². The van der Waals surface area contributed by atoms with Crippen molar-refractivity contribution in [1.82, 2.24) is 4.31 Å². The Morgan fingerprint density at radius 1 is 1.35 bits per heavy atom. The molecule has 20 heavy (non-hydrogen) atoms. The van der Waals surface area contributed by atoms with Gasteiger partial charge in [-0.2, -0.15) is 4.31 Å². The Balaban J connectivity index is 2.38. The smallest absolute Gasteiger partial charge is 0.246 e. The third kappa shape index (κ3) is 2.82. The molecule has 0 atom stereocenters. The molecule has 1 heterocycles. The van der Waals surface area contributed by atoms with Crippen molar-refractivity contribution >= 4 is 16.0 Å². The average molecular weight is 302 g/mol. The fraction of sp³-hybridized carbons (Fsp3) is 0.417. The SMILES string of the molecule is C[NH+]1CCN(S(=O)(=O)c2cc(C(=O)[O-])ccc2F)CC1. The maximum atomic E-state index is 13.7. The van der Waals surface area contributed by atoms with Gasteiger partial charge < -0.3 is 14.8 Å². The van der Waals surface area contributed by atoms with Gasteiger partial charge in [-0.05, 0) is 17.7 Å². The van der Waals surface area contributed by atoms with Crippen molar-refractivity contribution in [1.29, 1.82) is 0 Å². The first kappa shape index (κ1) is 14.9. The number of hydrogen-bond acceptors (Lipinski definition) is 4. The van der Waals surface area contributed by atoms with Crippen LogP contribution < -0.4 is 10.0 Å². The molecule has 110 valence electrons. The number of carbonyl (C=O) groups is 1. The monoisotopic (exact) mass is 302 g/mol. The Kier molecular flexibility index (Phi) is 4.07. The number of likely N-dealkylation sites (N-methyl/N-ethyl adjacent to an activating group) is 1. The molecule has 0 aromatic heterocycles. The topological polar surface area (TPSA) is 82.0 Å². The predicted molar refractivity (Wildman–Crippen MR) is 66.1 cm³/mol.